The van der Waals surface area contributed by atoms with Crippen LogP contribution in [0.3, 0.4) is 0 Å². The second kappa shape index (κ2) is 21.4. The van der Waals surface area contributed by atoms with Crippen molar-refractivity contribution >= 4 is 10.4 Å². The van der Waals surface area contributed by atoms with Gasteiger partial charge in [0.2, 0.25) is 10.4 Å². The first-order chi connectivity index (χ1) is 14.1. The summed E-state index contributed by atoms with van der Waals surface area (Å²) in [5.74, 6) is 0.992. The molecular formula is C27H60NSi+. The van der Waals surface area contributed by atoms with E-state index in [4.69, 9.17) is 0 Å². The van der Waals surface area contributed by atoms with Crippen LogP contribution in [-0.2, 0) is 0 Å². The Balaban J connectivity index is 3.37. The van der Waals surface area contributed by atoms with Gasteiger partial charge in [-0.2, -0.15) is 0 Å². The van der Waals surface area contributed by atoms with E-state index in [-0.39, 0.29) is 0 Å². The van der Waals surface area contributed by atoms with E-state index in [2.05, 4.69) is 27.7 Å². The fourth-order valence-corrected chi connectivity index (χ4v) is 4.83. The second-order valence-corrected chi connectivity index (χ2v) is 12.0. The van der Waals surface area contributed by atoms with E-state index < -0.39 is 0 Å². The van der Waals surface area contributed by atoms with Gasteiger partial charge in [0.15, 0.2) is 0 Å². The van der Waals surface area contributed by atoms with Crippen LogP contribution in [0.15, 0.2) is 0 Å². The number of hydrogen-bond acceptors (Lipinski definition) is 0. The van der Waals surface area contributed by atoms with Crippen LogP contribution in [0.5, 0.6) is 0 Å². The summed E-state index contributed by atoms with van der Waals surface area (Å²) < 4.78 is 1.40. The van der Waals surface area contributed by atoms with E-state index in [0.717, 1.165) is 5.92 Å². The topological polar surface area (TPSA) is 0 Å². The molecule has 0 aromatic heterocycles. The standard InChI is InChI=1S/C27H60NSi/c1-5-9-10-11-12-13-14-15-16-17-18-19-20-21-22-23-24-27(6-2)25-26-28(29,7-3)8-4/h27H,5-26H2,1-4,29H3/q+1. The SMILES string of the molecule is CCCCCCCCCCCCCCCCCCC(CC)CC[N+]([SiH3])(CC)CC. The van der Waals surface area contributed by atoms with Gasteiger partial charge in [-0.3, -0.25) is 0 Å². The quantitative estimate of drug-likeness (QED) is 0.114. The molecule has 176 valence electrons. The van der Waals surface area contributed by atoms with Crippen molar-refractivity contribution in [3.05, 3.63) is 0 Å². The predicted octanol–water partition coefficient (Wildman–Crippen LogP) is 8.19. The van der Waals surface area contributed by atoms with Crippen LogP contribution < -0.4 is 0 Å². The lowest BCUT2D eigenvalue weighted by atomic mass is 9.94. The third-order valence-electron chi connectivity index (χ3n) is 7.65. The highest BCUT2D eigenvalue weighted by atomic mass is 28.2. The highest BCUT2D eigenvalue weighted by Crippen LogP contribution is 2.20. The van der Waals surface area contributed by atoms with E-state index in [1.54, 1.807) is 0 Å². The summed E-state index contributed by atoms with van der Waals surface area (Å²) in [6.45, 7) is 13.6. The lowest BCUT2D eigenvalue weighted by molar-refractivity contribution is -0.813. The van der Waals surface area contributed by atoms with Crippen molar-refractivity contribution in [2.75, 3.05) is 19.6 Å². The van der Waals surface area contributed by atoms with Crippen molar-refractivity contribution in [1.29, 1.82) is 0 Å². The van der Waals surface area contributed by atoms with Crippen LogP contribution in [0, 0.1) is 5.92 Å². The summed E-state index contributed by atoms with van der Waals surface area (Å²) in [5, 5.41) is 0. The summed E-state index contributed by atoms with van der Waals surface area (Å²) >= 11 is 0. The normalized spacial score (nSPS) is 13.2. The van der Waals surface area contributed by atoms with Gasteiger partial charge in [0.1, 0.15) is 0 Å². The molecule has 2 heteroatoms. The van der Waals surface area contributed by atoms with Crippen molar-refractivity contribution in [2.24, 2.45) is 5.92 Å². The largest absolute Gasteiger partial charge is 0.391 e. The van der Waals surface area contributed by atoms with Crippen LogP contribution in [0.1, 0.15) is 150 Å². The molecule has 0 saturated carbocycles. The van der Waals surface area contributed by atoms with Gasteiger partial charge in [-0.25, -0.2) is 0 Å². The number of hydrogen-bond donors (Lipinski definition) is 0. The number of unbranched alkanes of at least 4 members (excludes halogenated alkanes) is 15. The fraction of sp³-hybridized carbons (Fsp3) is 1.00. The molecule has 0 heterocycles. The molecule has 0 aromatic carbocycles. The Kier molecular flexibility index (Phi) is 21.5. The van der Waals surface area contributed by atoms with Crippen LogP contribution in [0.2, 0.25) is 0 Å². The van der Waals surface area contributed by atoms with Gasteiger partial charge in [0, 0.05) is 0 Å². The zero-order chi connectivity index (χ0) is 21.6. The lowest BCUT2D eigenvalue weighted by Gasteiger charge is -2.35. The summed E-state index contributed by atoms with van der Waals surface area (Å²) in [6.07, 6.45) is 28.0. The van der Waals surface area contributed by atoms with Crippen molar-refractivity contribution < 1.29 is 4.15 Å². The van der Waals surface area contributed by atoms with E-state index in [0.29, 0.717) is 0 Å². The minimum atomic E-state index is 0.992. The maximum Gasteiger partial charge on any atom is 0.239 e. The smallest absolute Gasteiger partial charge is 0.239 e. The molecule has 0 aliphatic rings. The zero-order valence-electron chi connectivity index (χ0n) is 21.6. The highest BCUT2D eigenvalue weighted by Gasteiger charge is 2.17. The molecule has 0 aliphatic carbocycles. The Bertz CT molecular complexity index is 314. The van der Waals surface area contributed by atoms with Crippen molar-refractivity contribution in [3.63, 3.8) is 0 Å². The molecule has 0 rings (SSSR count). The monoisotopic (exact) mass is 426 g/mol. The molecule has 29 heavy (non-hydrogen) atoms. The maximum absolute atomic E-state index is 2.41. The molecule has 0 amide bonds. The Morgan fingerprint density at radius 3 is 1.24 bits per heavy atom. The predicted molar refractivity (Wildman–Crippen MR) is 139 cm³/mol. The highest BCUT2D eigenvalue weighted by molar-refractivity contribution is 5.97. The van der Waals surface area contributed by atoms with Gasteiger partial charge >= 0.3 is 0 Å². The van der Waals surface area contributed by atoms with Crippen LogP contribution in [0.25, 0.3) is 0 Å². The zero-order valence-corrected chi connectivity index (χ0v) is 23.6. The lowest BCUT2D eigenvalue weighted by Crippen LogP contribution is -2.46. The van der Waals surface area contributed by atoms with Gasteiger partial charge in [0.05, 0.1) is 19.6 Å². The van der Waals surface area contributed by atoms with Crippen LogP contribution in [-0.4, -0.2) is 34.2 Å². The fourth-order valence-electron chi connectivity index (χ4n) is 4.57. The molecule has 0 fully saturated rings. The molecule has 1 unspecified atom stereocenters. The van der Waals surface area contributed by atoms with Gasteiger partial charge in [-0.05, 0) is 26.2 Å². The Morgan fingerprint density at radius 2 is 0.897 bits per heavy atom. The first kappa shape index (κ1) is 29.2. The first-order valence-corrected chi connectivity index (χ1v) is 14.8. The maximum atomic E-state index is 2.41. The molecular weight excluding hydrogens is 366 g/mol. The Labute approximate surface area is 189 Å². The van der Waals surface area contributed by atoms with Gasteiger partial charge in [0.25, 0.3) is 0 Å². The minimum Gasteiger partial charge on any atom is -0.391 e. The van der Waals surface area contributed by atoms with Crippen LogP contribution >= 0.6 is 0 Å². The minimum absolute atomic E-state index is 0.992. The molecule has 0 radical (unpaired) electrons. The molecule has 0 aliphatic heterocycles. The Morgan fingerprint density at radius 1 is 0.517 bits per heavy atom. The number of nitrogens with zero attached hydrogens (tertiary/aromatic N) is 1. The summed E-state index contributed by atoms with van der Waals surface area (Å²) in [5.41, 5.74) is 0. The molecule has 0 aromatic rings. The third kappa shape index (κ3) is 18.6. The molecule has 1 nitrogen and oxygen atoms in total. The summed E-state index contributed by atoms with van der Waals surface area (Å²) in [4.78, 5) is 0. The van der Waals surface area contributed by atoms with E-state index in [1.165, 1.54) is 156 Å². The molecule has 1 atom stereocenters. The molecule has 0 N–H and O–H groups in total. The van der Waals surface area contributed by atoms with Crippen molar-refractivity contribution in [3.8, 4) is 0 Å². The summed E-state index contributed by atoms with van der Waals surface area (Å²) in [6, 6.07) is 0. The average Bonchev–Trinajstić information content (AvgIpc) is 2.75. The van der Waals surface area contributed by atoms with E-state index in [1.807, 2.05) is 0 Å². The molecule has 0 saturated heterocycles. The molecule has 0 bridgehead atoms. The Hall–Kier alpha value is 0.177. The molecule has 0 spiro atoms. The van der Waals surface area contributed by atoms with Crippen molar-refractivity contribution in [1.82, 2.24) is 0 Å². The van der Waals surface area contributed by atoms with Crippen molar-refractivity contribution in [2.45, 2.75) is 150 Å². The van der Waals surface area contributed by atoms with E-state index >= 15 is 0 Å². The average molecular weight is 427 g/mol. The number of quaternary nitrogens is 1. The summed E-state index contributed by atoms with van der Waals surface area (Å²) in [7, 11) is 1.32. The van der Waals surface area contributed by atoms with Gasteiger partial charge in [-0.15, -0.1) is 0 Å². The first-order valence-electron chi connectivity index (χ1n) is 13.9. The van der Waals surface area contributed by atoms with Gasteiger partial charge < -0.3 is 4.15 Å². The second-order valence-electron chi connectivity index (χ2n) is 10.1. The van der Waals surface area contributed by atoms with E-state index in [9.17, 15) is 0 Å². The van der Waals surface area contributed by atoms with Gasteiger partial charge in [-0.1, -0.05) is 129 Å². The third-order valence-corrected chi connectivity index (χ3v) is 9.36. The van der Waals surface area contributed by atoms with Crippen LogP contribution in [0.4, 0.5) is 0 Å². The number of rotatable bonds is 23.